The predicted molar refractivity (Wildman–Crippen MR) is 64.4 cm³/mol. The van der Waals surface area contributed by atoms with Crippen LogP contribution in [0.25, 0.3) is 0 Å². The third-order valence-corrected chi connectivity index (χ3v) is 2.47. The normalized spacial score (nSPS) is 10.5. The number of aryl methyl sites for hydroxylation is 4. The van der Waals surface area contributed by atoms with E-state index < -0.39 is 0 Å². The summed E-state index contributed by atoms with van der Waals surface area (Å²) in [5, 5.41) is 0. The van der Waals surface area contributed by atoms with Gasteiger partial charge in [-0.3, -0.25) is 10.1 Å². The average Bonchev–Trinajstić information content (AvgIpc) is 2.48. The third-order valence-electron chi connectivity index (χ3n) is 2.47. The first-order valence-corrected chi connectivity index (χ1v) is 5.30. The lowest BCUT2D eigenvalue weighted by Crippen LogP contribution is -2.15. The van der Waals surface area contributed by atoms with Gasteiger partial charge in [0.15, 0.2) is 0 Å². The maximum absolute atomic E-state index is 4.35. The van der Waals surface area contributed by atoms with Crippen LogP contribution in [0.3, 0.4) is 0 Å². The summed E-state index contributed by atoms with van der Waals surface area (Å²) < 4.78 is 1.98. The van der Waals surface area contributed by atoms with Crippen LogP contribution in [0.2, 0.25) is 0 Å². The standard InChI is InChI=1S/C12H16N4/c1-8-7-9(2)14-12(13-8)15-16-10(3)5-6-11(16)4/h5-7H,1-4H3,(H,13,14,15). The van der Waals surface area contributed by atoms with Crippen LogP contribution in [-0.2, 0) is 0 Å². The van der Waals surface area contributed by atoms with Crippen molar-refractivity contribution in [2.24, 2.45) is 0 Å². The van der Waals surface area contributed by atoms with Crippen LogP contribution in [0.4, 0.5) is 5.95 Å². The van der Waals surface area contributed by atoms with E-state index in [1.54, 1.807) is 0 Å². The minimum Gasteiger partial charge on any atom is -0.262 e. The lowest BCUT2D eigenvalue weighted by molar-refractivity contribution is 0.848. The molecule has 2 heterocycles. The molecule has 4 nitrogen and oxygen atoms in total. The van der Waals surface area contributed by atoms with Gasteiger partial charge in [0.1, 0.15) is 0 Å². The van der Waals surface area contributed by atoms with Crippen molar-refractivity contribution in [3.05, 3.63) is 41.0 Å². The Morgan fingerprint density at radius 3 is 1.94 bits per heavy atom. The van der Waals surface area contributed by atoms with Crippen molar-refractivity contribution in [1.29, 1.82) is 0 Å². The first kappa shape index (κ1) is 10.7. The van der Waals surface area contributed by atoms with Crippen molar-refractivity contribution in [3.8, 4) is 0 Å². The second-order valence-corrected chi connectivity index (χ2v) is 4.04. The zero-order valence-electron chi connectivity index (χ0n) is 10.1. The molecule has 0 saturated carbocycles. The minimum atomic E-state index is 0.639. The second kappa shape index (κ2) is 3.96. The number of hydrogen-bond acceptors (Lipinski definition) is 3. The fourth-order valence-electron chi connectivity index (χ4n) is 1.72. The monoisotopic (exact) mass is 216 g/mol. The van der Waals surface area contributed by atoms with Crippen LogP contribution < -0.4 is 5.43 Å². The number of nitrogens with one attached hydrogen (secondary N) is 1. The highest BCUT2D eigenvalue weighted by atomic mass is 15.5. The molecule has 0 radical (unpaired) electrons. The highest BCUT2D eigenvalue weighted by molar-refractivity contribution is 5.30. The molecule has 0 saturated heterocycles. The van der Waals surface area contributed by atoms with E-state index in [1.165, 1.54) is 0 Å². The summed E-state index contributed by atoms with van der Waals surface area (Å²) >= 11 is 0. The number of anilines is 1. The molecule has 2 rings (SSSR count). The van der Waals surface area contributed by atoms with Crippen molar-refractivity contribution < 1.29 is 0 Å². The number of aromatic nitrogens is 3. The molecule has 0 aliphatic rings. The van der Waals surface area contributed by atoms with Crippen LogP contribution in [-0.4, -0.2) is 14.6 Å². The predicted octanol–water partition coefficient (Wildman–Crippen LogP) is 2.39. The molecule has 2 aromatic rings. The van der Waals surface area contributed by atoms with E-state index in [9.17, 15) is 0 Å². The molecule has 0 fully saturated rings. The Morgan fingerprint density at radius 2 is 1.44 bits per heavy atom. The highest BCUT2D eigenvalue weighted by Gasteiger charge is 2.03. The van der Waals surface area contributed by atoms with Gasteiger partial charge in [0.2, 0.25) is 5.95 Å². The molecule has 0 unspecified atom stereocenters. The van der Waals surface area contributed by atoms with Gasteiger partial charge in [0, 0.05) is 22.8 Å². The number of nitrogens with zero attached hydrogens (tertiary/aromatic N) is 3. The van der Waals surface area contributed by atoms with Gasteiger partial charge < -0.3 is 0 Å². The van der Waals surface area contributed by atoms with E-state index in [0.717, 1.165) is 22.8 Å². The Morgan fingerprint density at radius 1 is 0.938 bits per heavy atom. The van der Waals surface area contributed by atoms with E-state index in [2.05, 4.69) is 27.5 Å². The third kappa shape index (κ3) is 2.05. The average molecular weight is 216 g/mol. The number of rotatable bonds is 2. The van der Waals surface area contributed by atoms with Gasteiger partial charge in [-0.1, -0.05) is 0 Å². The van der Waals surface area contributed by atoms with Crippen molar-refractivity contribution in [2.75, 3.05) is 5.43 Å². The smallest absolute Gasteiger partial charge is 0.242 e. The second-order valence-electron chi connectivity index (χ2n) is 4.04. The Labute approximate surface area is 95.3 Å². The molecule has 0 spiro atoms. The molecule has 0 aliphatic heterocycles. The molecule has 84 valence electrons. The summed E-state index contributed by atoms with van der Waals surface area (Å²) in [4.78, 5) is 8.70. The molecule has 0 aromatic carbocycles. The molecular formula is C12H16N4. The molecule has 0 bridgehead atoms. The largest absolute Gasteiger partial charge is 0.262 e. The van der Waals surface area contributed by atoms with E-state index in [4.69, 9.17) is 0 Å². The molecule has 4 heteroatoms. The maximum atomic E-state index is 4.35. The lowest BCUT2D eigenvalue weighted by Gasteiger charge is -2.11. The van der Waals surface area contributed by atoms with Gasteiger partial charge in [-0.15, -0.1) is 0 Å². The van der Waals surface area contributed by atoms with Crippen LogP contribution in [0.15, 0.2) is 18.2 Å². The van der Waals surface area contributed by atoms with E-state index >= 15 is 0 Å². The summed E-state index contributed by atoms with van der Waals surface area (Å²) in [6.45, 7) is 8.02. The van der Waals surface area contributed by atoms with Crippen LogP contribution in [0.1, 0.15) is 22.8 Å². The Balaban J connectivity index is 2.34. The highest BCUT2D eigenvalue weighted by Crippen LogP contribution is 2.09. The van der Waals surface area contributed by atoms with Gasteiger partial charge in [-0.25, -0.2) is 9.97 Å². The SMILES string of the molecule is Cc1cc(C)nc(Nn2c(C)ccc2C)n1. The van der Waals surface area contributed by atoms with Crippen molar-refractivity contribution in [1.82, 2.24) is 14.6 Å². The van der Waals surface area contributed by atoms with Crippen LogP contribution >= 0.6 is 0 Å². The zero-order valence-corrected chi connectivity index (χ0v) is 10.1. The summed E-state index contributed by atoms with van der Waals surface area (Å²) in [6, 6.07) is 6.08. The Kier molecular flexibility index (Phi) is 2.64. The molecule has 16 heavy (non-hydrogen) atoms. The topological polar surface area (TPSA) is 42.7 Å². The van der Waals surface area contributed by atoms with Gasteiger partial charge in [0.05, 0.1) is 0 Å². The van der Waals surface area contributed by atoms with E-state index in [0.29, 0.717) is 5.95 Å². The molecule has 2 aromatic heterocycles. The van der Waals surface area contributed by atoms with Crippen LogP contribution in [0, 0.1) is 27.7 Å². The Hall–Kier alpha value is -1.84. The van der Waals surface area contributed by atoms with Crippen molar-refractivity contribution in [3.63, 3.8) is 0 Å². The zero-order chi connectivity index (χ0) is 11.7. The fourth-order valence-corrected chi connectivity index (χ4v) is 1.72. The first-order valence-electron chi connectivity index (χ1n) is 5.30. The Bertz CT molecular complexity index is 474. The van der Waals surface area contributed by atoms with E-state index in [-0.39, 0.29) is 0 Å². The van der Waals surface area contributed by atoms with E-state index in [1.807, 2.05) is 38.4 Å². The summed E-state index contributed by atoms with van der Waals surface area (Å²) in [5.74, 6) is 0.639. The lowest BCUT2D eigenvalue weighted by atomic mass is 10.4. The van der Waals surface area contributed by atoms with Crippen LogP contribution in [0.5, 0.6) is 0 Å². The molecular weight excluding hydrogens is 200 g/mol. The van der Waals surface area contributed by atoms with Gasteiger partial charge in [0.25, 0.3) is 0 Å². The van der Waals surface area contributed by atoms with Gasteiger partial charge >= 0.3 is 0 Å². The molecule has 0 atom stereocenters. The fraction of sp³-hybridized carbons (Fsp3) is 0.333. The van der Waals surface area contributed by atoms with Crippen molar-refractivity contribution in [2.45, 2.75) is 27.7 Å². The molecule has 1 N–H and O–H groups in total. The molecule has 0 aliphatic carbocycles. The minimum absolute atomic E-state index is 0.639. The number of hydrogen-bond donors (Lipinski definition) is 1. The summed E-state index contributed by atoms with van der Waals surface area (Å²) in [6.07, 6.45) is 0. The summed E-state index contributed by atoms with van der Waals surface area (Å²) in [7, 11) is 0. The quantitative estimate of drug-likeness (QED) is 0.838. The summed E-state index contributed by atoms with van der Waals surface area (Å²) in [5.41, 5.74) is 7.41. The molecule has 0 amide bonds. The first-order chi connectivity index (χ1) is 7.56. The van der Waals surface area contributed by atoms with Gasteiger partial charge in [-0.2, -0.15) is 0 Å². The van der Waals surface area contributed by atoms with Crippen molar-refractivity contribution >= 4 is 5.95 Å². The van der Waals surface area contributed by atoms with Gasteiger partial charge in [-0.05, 0) is 45.9 Å². The maximum Gasteiger partial charge on any atom is 0.242 e.